The van der Waals surface area contributed by atoms with Crippen LogP contribution in [0.3, 0.4) is 0 Å². The zero-order chi connectivity index (χ0) is 19.2. The van der Waals surface area contributed by atoms with Crippen molar-refractivity contribution in [3.8, 4) is 0 Å². The Labute approximate surface area is 163 Å². The van der Waals surface area contributed by atoms with Gasteiger partial charge in [-0.25, -0.2) is 4.79 Å². The van der Waals surface area contributed by atoms with Crippen LogP contribution in [0.2, 0.25) is 0 Å². The largest absolute Gasteiger partial charge is 0.478 e. The second-order valence-electron chi connectivity index (χ2n) is 8.54. The van der Waals surface area contributed by atoms with E-state index in [0.717, 1.165) is 25.0 Å². The third-order valence-corrected chi connectivity index (χ3v) is 6.43. The van der Waals surface area contributed by atoms with E-state index in [4.69, 9.17) is 5.11 Å². The summed E-state index contributed by atoms with van der Waals surface area (Å²) in [4.78, 5) is 18.5. The van der Waals surface area contributed by atoms with E-state index < -0.39 is 5.97 Å². The first-order chi connectivity index (χ1) is 13.0. The Bertz CT molecular complexity index is 588. The second-order valence-corrected chi connectivity index (χ2v) is 8.54. The molecule has 0 aromatic heterocycles. The van der Waals surface area contributed by atoms with Crippen LogP contribution in [0.4, 0.5) is 0 Å². The number of carbonyl (C=O) groups is 1. The highest BCUT2D eigenvalue weighted by Crippen LogP contribution is 2.25. The second kappa shape index (κ2) is 9.67. The number of hydrogen-bond acceptors (Lipinski definition) is 4. The zero-order valence-electron chi connectivity index (χ0n) is 16.9. The molecule has 0 aliphatic carbocycles. The summed E-state index contributed by atoms with van der Waals surface area (Å²) < 4.78 is 0. The molecule has 5 heteroatoms. The van der Waals surface area contributed by atoms with Crippen LogP contribution >= 0.6 is 0 Å². The van der Waals surface area contributed by atoms with Gasteiger partial charge in [0, 0.05) is 12.6 Å². The van der Waals surface area contributed by atoms with E-state index in [1.54, 1.807) is 12.1 Å². The lowest BCUT2D eigenvalue weighted by atomic mass is 9.91. The SMILES string of the molecule is CN1CCC(N2CCC(CCN(C)Cc3ccc(C(=O)O)cc3)CC2)CC1. The van der Waals surface area contributed by atoms with E-state index in [0.29, 0.717) is 5.56 Å². The summed E-state index contributed by atoms with van der Waals surface area (Å²) in [6.45, 7) is 7.05. The number of hydrogen-bond donors (Lipinski definition) is 1. The molecular formula is C22H35N3O2. The molecule has 1 aromatic carbocycles. The van der Waals surface area contributed by atoms with Crippen molar-refractivity contribution in [2.75, 3.05) is 46.8 Å². The Hall–Kier alpha value is -1.43. The minimum Gasteiger partial charge on any atom is -0.478 e. The predicted octanol–water partition coefficient (Wildman–Crippen LogP) is 3.01. The van der Waals surface area contributed by atoms with E-state index in [9.17, 15) is 4.79 Å². The molecule has 1 N–H and O–H groups in total. The van der Waals surface area contributed by atoms with Crippen molar-refractivity contribution in [3.05, 3.63) is 35.4 Å². The van der Waals surface area contributed by atoms with E-state index in [-0.39, 0.29) is 0 Å². The summed E-state index contributed by atoms with van der Waals surface area (Å²) in [6, 6.07) is 8.08. The maximum absolute atomic E-state index is 10.9. The number of carboxylic acids is 1. The molecule has 2 aliphatic heterocycles. The molecule has 0 spiro atoms. The van der Waals surface area contributed by atoms with Gasteiger partial charge < -0.3 is 19.8 Å². The Morgan fingerprint density at radius 2 is 1.70 bits per heavy atom. The van der Waals surface area contributed by atoms with Gasteiger partial charge in [-0.1, -0.05) is 12.1 Å². The molecule has 2 aliphatic rings. The minimum atomic E-state index is -0.860. The van der Waals surface area contributed by atoms with Gasteiger partial charge in [0.1, 0.15) is 0 Å². The standard InChI is InChI=1S/C22H35N3O2/c1-23-13-10-21(11-14-23)25-15-8-18(9-16-25)7-12-24(2)17-19-3-5-20(6-4-19)22(26)27/h3-6,18,21H,7-17H2,1-2H3,(H,26,27). The summed E-state index contributed by atoms with van der Waals surface area (Å²) in [5, 5.41) is 8.98. The van der Waals surface area contributed by atoms with Crippen LogP contribution in [0.25, 0.3) is 0 Å². The van der Waals surface area contributed by atoms with Crippen LogP contribution < -0.4 is 0 Å². The maximum Gasteiger partial charge on any atom is 0.335 e. The summed E-state index contributed by atoms with van der Waals surface area (Å²) in [5.41, 5.74) is 1.54. The van der Waals surface area contributed by atoms with Crippen molar-refractivity contribution in [1.29, 1.82) is 0 Å². The first-order valence-electron chi connectivity index (χ1n) is 10.4. The van der Waals surface area contributed by atoms with E-state index in [1.807, 2.05) is 12.1 Å². The van der Waals surface area contributed by atoms with Crippen LogP contribution in [-0.4, -0.2) is 78.6 Å². The van der Waals surface area contributed by atoms with Crippen molar-refractivity contribution in [2.24, 2.45) is 5.92 Å². The number of rotatable bonds is 7. The van der Waals surface area contributed by atoms with Crippen molar-refractivity contribution in [3.63, 3.8) is 0 Å². The third kappa shape index (κ3) is 6.03. The Morgan fingerprint density at radius 1 is 1.07 bits per heavy atom. The van der Waals surface area contributed by atoms with Gasteiger partial charge in [-0.15, -0.1) is 0 Å². The third-order valence-electron chi connectivity index (χ3n) is 6.43. The van der Waals surface area contributed by atoms with Crippen LogP contribution in [0.1, 0.15) is 48.0 Å². The number of likely N-dealkylation sites (tertiary alicyclic amines) is 2. The molecule has 5 nitrogen and oxygen atoms in total. The molecule has 1 aromatic rings. The van der Waals surface area contributed by atoms with Gasteiger partial charge in [0.15, 0.2) is 0 Å². The molecule has 2 saturated heterocycles. The zero-order valence-corrected chi connectivity index (χ0v) is 16.9. The summed E-state index contributed by atoms with van der Waals surface area (Å²) in [6.07, 6.45) is 6.63. The highest BCUT2D eigenvalue weighted by molar-refractivity contribution is 5.87. The van der Waals surface area contributed by atoms with E-state index in [1.165, 1.54) is 63.8 Å². The van der Waals surface area contributed by atoms with Gasteiger partial charge >= 0.3 is 5.97 Å². The first kappa shape index (κ1) is 20.3. The molecule has 0 unspecified atom stereocenters. The van der Waals surface area contributed by atoms with Crippen LogP contribution in [0.5, 0.6) is 0 Å². The fourth-order valence-electron chi connectivity index (χ4n) is 4.51. The Morgan fingerprint density at radius 3 is 2.30 bits per heavy atom. The summed E-state index contributed by atoms with van der Waals surface area (Å²) >= 11 is 0. The molecule has 0 bridgehead atoms. The molecular weight excluding hydrogens is 338 g/mol. The molecule has 3 rings (SSSR count). The molecule has 0 saturated carbocycles. The number of aromatic carboxylic acids is 1. The van der Waals surface area contributed by atoms with Gasteiger partial charge in [0.05, 0.1) is 5.56 Å². The monoisotopic (exact) mass is 373 g/mol. The molecule has 0 atom stereocenters. The highest BCUT2D eigenvalue weighted by atomic mass is 16.4. The van der Waals surface area contributed by atoms with Crippen molar-refractivity contribution in [2.45, 2.75) is 44.7 Å². The predicted molar refractivity (Wildman–Crippen MR) is 109 cm³/mol. The lowest BCUT2D eigenvalue weighted by Gasteiger charge is -2.41. The maximum atomic E-state index is 10.9. The van der Waals surface area contributed by atoms with Crippen molar-refractivity contribution in [1.82, 2.24) is 14.7 Å². The van der Waals surface area contributed by atoms with Crippen LogP contribution in [0, 0.1) is 5.92 Å². The molecule has 2 heterocycles. The average Bonchev–Trinajstić information content (AvgIpc) is 2.68. The van der Waals surface area contributed by atoms with Gasteiger partial charge in [-0.3, -0.25) is 0 Å². The van der Waals surface area contributed by atoms with E-state index >= 15 is 0 Å². The average molecular weight is 374 g/mol. The van der Waals surface area contributed by atoms with Crippen molar-refractivity contribution >= 4 is 5.97 Å². The topological polar surface area (TPSA) is 47.0 Å². The van der Waals surface area contributed by atoms with Gasteiger partial charge in [-0.05, 0) is 103 Å². The van der Waals surface area contributed by atoms with Gasteiger partial charge in [-0.2, -0.15) is 0 Å². The van der Waals surface area contributed by atoms with Crippen molar-refractivity contribution < 1.29 is 9.90 Å². The number of piperidine rings is 2. The quantitative estimate of drug-likeness (QED) is 0.796. The number of nitrogens with zero attached hydrogens (tertiary/aromatic N) is 3. The molecule has 27 heavy (non-hydrogen) atoms. The minimum absolute atomic E-state index is 0.359. The first-order valence-corrected chi connectivity index (χ1v) is 10.4. The summed E-state index contributed by atoms with van der Waals surface area (Å²) in [5.74, 6) is -0.00848. The number of carboxylic acid groups (broad SMARTS) is 1. The summed E-state index contributed by atoms with van der Waals surface area (Å²) in [7, 11) is 4.40. The van der Waals surface area contributed by atoms with Gasteiger partial charge in [0.2, 0.25) is 0 Å². The fraction of sp³-hybridized carbons (Fsp3) is 0.682. The van der Waals surface area contributed by atoms with Crippen LogP contribution in [-0.2, 0) is 6.54 Å². The lowest BCUT2D eigenvalue weighted by Crippen LogP contribution is -2.47. The smallest absolute Gasteiger partial charge is 0.335 e. The molecule has 150 valence electrons. The highest BCUT2D eigenvalue weighted by Gasteiger charge is 2.27. The van der Waals surface area contributed by atoms with Gasteiger partial charge in [0.25, 0.3) is 0 Å². The Kier molecular flexibility index (Phi) is 7.27. The fourth-order valence-corrected chi connectivity index (χ4v) is 4.51. The van der Waals surface area contributed by atoms with Crippen LogP contribution in [0.15, 0.2) is 24.3 Å². The lowest BCUT2D eigenvalue weighted by molar-refractivity contribution is 0.0697. The molecule has 0 amide bonds. The van der Waals surface area contributed by atoms with E-state index in [2.05, 4.69) is 28.8 Å². The normalized spacial score (nSPS) is 21.0. The number of benzene rings is 1. The molecule has 0 radical (unpaired) electrons. The Balaban J connectivity index is 1.35. The molecule has 2 fully saturated rings.